The highest BCUT2D eigenvalue weighted by Gasteiger charge is 2.23. The van der Waals surface area contributed by atoms with Gasteiger partial charge in [-0.15, -0.1) is 0 Å². The van der Waals surface area contributed by atoms with Crippen molar-refractivity contribution in [2.75, 3.05) is 5.32 Å². The summed E-state index contributed by atoms with van der Waals surface area (Å²) in [7, 11) is 0. The van der Waals surface area contributed by atoms with Gasteiger partial charge < -0.3 is 15.4 Å². The van der Waals surface area contributed by atoms with Crippen LogP contribution < -0.4 is 15.4 Å². The van der Waals surface area contributed by atoms with E-state index in [1.54, 1.807) is 24.3 Å². The lowest BCUT2D eigenvalue weighted by atomic mass is 9.93. The number of carbonyl (C=O) groups is 1. The molecule has 0 heterocycles. The van der Waals surface area contributed by atoms with Crippen molar-refractivity contribution in [2.24, 2.45) is 0 Å². The van der Waals surface area contributed by atoms with Gasteiger partial charge in [0, 0.05) is 16.8 Å². The number of halogens is 1. The van der Waals surface area contributed by atoms with Gasteiger partial charge in [0.15, 0.2) is 0 Å². The van der Waals surface area contributed by atoms with E-state index < -0.39 is 0 Å². The fraction of sp³-hybridized carbons (Fsp3) is 0.350. The van der Waals surface area contributed by atoms with Crippen molar-refractivity contribution in [2.45, 2.75) is 44.8 Å². The standard InChI is InChI=1S/C20H23ClN2O2/c1-14-2-10-18(11-3-14)25-19-12-8-17(9-13-19)23-20(24)22-16-6-4-15(21)5-7-16/h2-7,10-11,17,19H,8-9,12-13H2,1H3,(H2,22,23,24)/t17-,19-. The summed E-state index contributed by atoms with van der Waals surface area (Å²) in [6.45, 7) is 2.07. The number of carbonyl (C=O) groups excluding carboxylic acids is 1. The smallest absolute Gasteiger partial charge is 0.319 e. The zero-order valence-electron chi connectivity index (χ0n) is 14.3. The molecule has 2 aromatic rings. The molecule has 3 rings (SSSR count). The Morgan fingerprint density at radius 1 is 1.00 bits per heavy atom. The lowest BCUT2D eigenvalue weighted by molar-refractivity contribution is 0.141. The summed E-state index contributed by atoms with van der Waals surface area (Å²) in [6, 6.07) is 15.2. The van der Waals surface area contributed by atoms with Crippen molar-refractivity contribution >= 4 is 23.3 Å². The molecule has 0 aromatic heterocycles. The Kier molecular flexibility index (Phi) is 5.82. The van der Waals surface area contributed by atoms with Crippen LogP contribution in [0.25, 0.3) is 0 Å². The van der Waals surface area contributed by atoms with Gasteiger partial charge in [-0.2, -0.15) is 0 Å². The summed E-state index contributed by atoms with van der Waals surface area (Å²) in [5.41, 5.74) is 1.96. The van der Waals surface area contributed by atoms with Crippen molar-refractivity contribution in [3.63, 3.8) is 0 Å². The average Bonchev–Trinajstić information content (AvgIpc) is 2.61. The molecule has 2 amide bonds. The fourth-order valence-corrected chi connectivity index (χ4v) is 3.15. The summed E-state index contributed by atoms with van der Waals surface area (Å²) in [6.07, 6.45) is 3.95. The predicted molar refractivity (Wildman–Crippen MR) is 101 cm³/mol. The van der Waals surface area contributed by atoms with Gasteiger partial charge in [0.25, 0.3) is 0 Å². The molecule has 0 saturated heterocycles. The SMILES string of the molecule is Cc1ccc(O[C@H]2CC[C@H](NC(=O)Nc3ccc(Cl)cc3)CC2)cc1. The summed E-state index contributed by atoms with van der Waals surface area (Å²) in [5.74, 6) is 0.919. The van der Waals surface area contributed by atoms with Gasteiger partial charge in [-0.3, -0.25) is 0 Å². The maximum atomic E-state index is 12.1. The van der Waals surface area contributed by atoms with E-state index in [0.717, 1.165) is 37.1 Å². The van der Waals surface area contributed by atoms with Crippen LogP contribution in [0, 0.1) is 6.92 Å². The number of hydrogen-bond acceptors (Lipinski definition) is 2. The molecule has 2 N–H and O–H groups in total. The third-order valence-electron chi connectivity index (χ3n) is 4.44. The highest BCUT2D eigenvalue weighted by atomic mass is 35.5. The first kappa shape index (κ1) is 17.6. The summed E-state index contributed by atoms with van der Waals surface area (Å²) < 4.78 is 6.03. The molecule has 25 heavy (non-hydrogen) atoms. The highest BCUT2D eigenvalue weighted by Crippen LogP contribution is 2.24. The monoisotopic (exact) mass is 358 g/mol. The molecule has 5 heteroatoms. The molecule has 0 aliphatic heterocycles. The zero-order chi connectivity index (χ0) is 17.6. The Labute approximate surface area is 153 Å². The van der Waals surface area contributed by atoms with Gasteiger partial charge in [-0.1, -0.05) is 29.3 Å². The largest absolute Gasteiger partial charge is 0.490 e. The molecule has 0 bridgehead atoms. The van der Waals surface area contributed by atoms with Crippen molar-refractivity contribution in [1.82, 2.24) is 5.32 Å². The summed E-state index contributed by atoms with van der Waals surface area (Å²) >= 11 is 5.84. The maximum absolute atomic E-state index is 12.1. The van der Waals surface area contributed by atoms with Crippen LogP contribution >= 0.6 is 11.6 Å². The lowest BCUT2D eigenvalue weighted by Gasteiger charge is -2.29. The quantitative estimate of drug-likeness (QED) is 0.793. The molecule has 0 spiro atoms. The third kappa shape index (κ3) is 5.40. The third-order valence-corrected chi connectivity index (χ3v) is 4.69. The van der Waals surface area contributed by atoms with Crippen LogP contribution in [-0.4, -0.2) is 18.2 Å². The van der Waals surface area contributed by atoms with Gasteiger partial charge in [0.05, 0.1) is 6.10 Å². The number of amides is 2. The van der Waals surface area contributed by atoms with Crippen LogP contribution in [0.2, 0.25) is 5.02 Å². The molecule has 0 unspecified atom stereocenters. The predicted octanol–water partition coefficient (Wildman–Crippen LogP) is 5.16. The second-order valence-electron chi connectivity index (χ2n) is 6.51. The number of urea groups is 1. The Morgan fingerprint density at radius 2 is 1.64 bits per heavy atom. The minimum absolute atomic E-state index is 0.176. The first-order valence-electron chi connectivity index (χ1n) is 8.65. The van der Waals surface area contributed by atoms with Gasteiger partial charge in [-0.05, 0) is 69.0 Å². The van der Waals surface area contributed by atoms with Crippen molar-refractivity contribution in [1.29, 1.82) is 0 Å². The second-order valence-corrected chi connectivity index (χ2v) is 6.95. The Bertz CT molecular complexity index is 693. The van der Waals surface area contributed by atoms with E-state index in [1.165, 1.54) is 5.56 Å². The van der Waals surface area contributed by atoms with Crippen LogP contribution in [-0.2, 0) is 0 Å². The number of benzene rings is 2. The van der Waals surface area contributed by atoms with E-state index in [2.05, 4.69) is 29.7 Å². The van der Waals surface area contributed by atoms with E-state index in [1.807, 2.05) is 12.1 Å². The molecule has 1 fully saturated rings. The van der Waals surface area contributed by atoms with Gasteiger partial charge in [-0.25, -0.2) is 4.79 Å². The Balaban J connectivity index is 1.42. The molecule has 1 aliphatic carbocycles. The minimum atomic E-state index is -0.176. The Morgan fingerprint density at radius 3 is 2.28 bits per heavy atom. The number of nitrogens with one attached hydrogen (secondary N) is 2. The van der Waals surface area contributed by atoms with Crippen LogP contribution in [0.3, 0.4) is 0 Å². The lowest BCUT2D eigenvalue weighted by Crippen LogP contribution is -2.41. The van der Waals surface area contributed by atoms with E-state index in [0.29, 0.717) is 5.02 Å². The minimum Gasteiger partial charge on any atom is -0.490 e. The summed E-state index contributed by atoms with van der Waals surface area (Å²) in [5, 5.41) is 6.52. The number of ether oxygens (including phenoxy) is 1. The van der Waals surface area contributed by atoms with Gasteiger partial charge in [0.1, 0.15) is 5.75 Å². The normalized spacial score (nSPS) is 19.9. The van der Waals surface area contributed by atoms with Gasteiger partial charge in [0.2, 0.25) is 0 Å². The summed E-state index contributed by atoms with van der Waals surface area (Å²) in [4.78, 5) is 12.1. The van der Waals surface area contributed by atoms with Crippen molar-refractivity contribution in [3.05, 3.63) is 59.1 Å². The molecular formula is C20H23ClN2O2. The van der Waals surface area contributed by atoms with Crippen LogP contribution in [0.4, 0.5) is 10.5 Å². The van der Waals surface area contributed by atoms with E-state index >= 15 is 0 Å². The topological polar surface area (TPSA) is 50.4 Å². The first-order valence-corrected chi connectivity index (χ1v) is 9.03. The number of aryl methyl sites for hydroxylation is 1. The Hall–Kier alpha value is -2.20. The fourth-order valence-electron chi connectivity index (χ4n) is 3.02. The maximum Gasteiger partial charge on any atom is 0.319 e. The molecule has 0 radical (unpaired) electrons. The molecule has 2 aromatic carbocycles. The zero-order valence-corrected chi connectivity index (χ0v) is 15.1. The number of hydrogen-bond donors (Lipinski definition) is 2. The van der Waals surface area contributed by atoms with Crippen LogP contribution in [0.5, 0.6) is 5.75 Å². The van der Waals surface area contributed by atoms with E-state index in [4.69, 9.17) is 16.3 Å². The molecule has 132 valence electrons. The van der Waals surface area contributed by atoms with Crippen molar-refractivity contribution in [3.8, 4) is 5.75 Å². The molecule has 0 atom stereocenters. The molecule has 1 saturated carbocycles. The second kappa shape index (κ2) is 8.26. The van der Waals surface area contributed by atoms with Crippen LogP contribution in [0.15, 0.2) is 48.5 Å². The van der Waals surface area contributed by atoms with Gasteiger partial charge >= 0.3 is 6.03 Å². The van der Waals surface area contributed by atoms with Crippen LogP contribution in [0.1, 0.15) is 31.2 Å². The molecule has 1 aliphatic rings. The molecule has 4 nitrogen and oxygen atoms in total. The highest BCUT2D eigenvalue weighted by molar-refractivity contribution is 6.30. The van der Waals surface area contributed by atoms with E-state index in [9.17, 15) is 4.79 Å². The number of anilines is 1. The average molecular weight is 359 g/mol. The molecular weight excluding hydrogens is 336 g/mol. The first-order chi connectivity index (χ1) is 12.1. The van der Waals surface area contributed by atoms with Crippen molar-refractivity contribution < 1.29 is 9.53 Å². The number of rotatable bonds is 4. The van der Waals surface area contributed by atoms with E-state index in [-0.39, 0.29) is 18.2 Å².